The van der Waals surface area contributed by atoms with Gasteiger partial charge in [-0.15, -0.1) is 0 Å². The van der Waals surface area contributed by atoms with Crippen LogP contribution in [0.15, 0.2) is 40.9 Å². The zero-order valence-corrected chi connectivity index (χ0v) is 17.8. The molecule has 0 aromatic heterocycles. The molecule has 0 aliphatic heterocycles. The number of sulfone groups is 1. The average Bonchev–Trinajstić information content (AvgIpc) is 2.61. The predicted octanol–water partition coefficient (Wildman–Crippen LogP) is 2.98. The van der Waals surface area contributed by atoms with Gasteiger partial charge in [-0.05, 0) is 41.8 Å². The van der Waals surface area contributed by atoms with E-state index in [9.17, 15) is 13.2 Å². The maximum Gasteiger partial charge on any atom is 0.251 e. The molecule has 0 fully saturated rings. The first kappa shape index (κ1) is 21.2. The van der Waals surface area contributed by atoms with Crippen LogP contribution in [0.1, 0.15) is 21.5 Å². The van der Waals surface area contributed by atoms with Gasteiger partial charge in [-0.3, -0.25) is 4.79 Å². The topological polar surface area (TPSA) is 81.7 Å². The van der Waals surface area contributed by atoms with Crippen LogP contribution >= 0.6 is 15.9 Å². The van der Waals surface area contributed by atoms with Gasteiger partial charge in [-0.1, -0.05) is 28.1 Å². The number of nitrogens with one attached hydrogen (secondary N) is 1. The molecule has 0 saturated heterocycles. The lowest BCUT2D eigenvalue weighted by atomic mass is 10.1. The first-order valence-corrected chi connectivity index (χ1v) is 11.0. The van der Waals surface area contributed by atoms with E-state index in [-0.39, 0.29) is 11.7 Å². The van der Waals surface area contributed by atoms with Gasteiger partial charge < -0.3 is 14.8 Å². The highest BCUT2D eigenvalue weighted by molar-refractivity contribution is 9.10. The molecule has 2 aromatic carbocycles. The number of rotatable bonds is 8. The molecule has 1 amide bonds. The van der Waals surface area contributed by atoms with E-state index < -0.39 is 9.84 Å². The quantitative estimate of drug-likeness (QED) is 0.661. The summed E-state index contributed by atoms with van der Waals surface area (Å²) in [7, 11) is -0.00706. The third kappa shape index (κ3) is 6.25. The first-order valence-electron chi connectivity index (χ1n) is 8.18. The fourth-order valence-corrected chi connectivity index (χ4v) is 3.91. The number of methoxy groups -OCH3 is 2. The van der Waals surface area contributed by atoms with Gasteiger partial charge in [-0.25, -0.2) is 8.42 Å². The van der Waals surface area contributed by atoms with Gasteiger partial charge in [-0.2, -0.15) is 0 Å². The van der Waals surface area contributed by atoms with Gasteiger partial charge in [0.15, 0.2) is 21.3 Å². The van der Waals surface area contributed by atoms with E-state index in [4.69, 9.17) is 9.47 Å². The molecule has 27 heavy (non-hydrogen) atoms. The van der Waals surface area contributed by atoms with E-state index in [1.54, 1.807) is 38.5 Å². The van der Waals surface area contributed by atoms with Crippen LogP contribution in [0.2, 0.25) is 0 Å². The molecule has 0 aliphatic rings. The fraction of sp³-hybridized carbons (Fsp3) is 0.316. The van der Waals surface area contributed by atoms with Crippen LogP contribution in [0.4, 0.5) is 0 Å². The Hall–Kier alpha value is -2.06. The minimum Gasteiger partial charge on any atom is -0.493 e. The summed E-state index contributed by atoms with van der Waals surface area (Å²) >= 11 is 3.50. The van der Waals surface area contributed by atoms with Gasteiger partial charge in [0, 0.05) is 22.8 Å². The number of carbonyl (C=O) groups is 1. The van der Waals surface area contributed by atoms with Crippen molar-refractivity contribution in [2.24, 2.45) is 0 Å². The number of halogens is 1. The van der Waals surface area contributed by atoms with E-state index in [1.807, 2.05) is 12.1 Å². The second-order valence-corrected chi connectivity index (χ2v) is 9.07. The largest absolute Gasteiger partial charge is 0.493 e. The summed E-state index contributed by atoms with van der Waals surface area (Å²) in [4.78, 5) is 12.3. The number of hydrogen-bond acceptors (Lipinski definition) is 5. The van der Waals surface area contributed by atoms with E-state index in [1.165, 1.54) is 6.26 Å². The highest BCUT2D eigenvalue weighted by Gasteiger charge is 2.12. The first-order chi connectivity index (χ1) is 12.7. The molecule has 2 rings (SSSR count). The molecule has 0 radical (unpaired) electrons. The Morgan fingerprint density at radius 2 is 1.78 bits per heavy atom. The smallest absolute Gasteiger partial charge is 0.251 e. The van der Waals surface area contributed by atoms with Crippen LogP contribution in [-0.2, 0) is 22.0 Å². The monoisotopic (exact) mass is 455 g/mol. The maximum atomic E-state index is 12.3. The van der Waals surface area contributed by atoms with Crippen LogP contribution < -0.4 is 14.8 Å². The van der Waals surface area contributed by atoms with Crippen molar-refractivity contribution in [3.05, 3.63) is 57.6 Å². The maximum absolute atomic E-state index is 12.3. The van der Waals surface area contributed by atoms with Crippen molar-refractivity contribution >= 4 is 31.7 Å². The normalized spacial score (nSPS) is 11.1. The lowest BCUT2D eigenvalue weighted by Gasteiger charge is -2.12. The number of benzene rings is 2. The Kier molecular flexibility index (Phi) is 7.26. The molecule has 0 atom stereocenters. The molecule has 8 heteroatoms. The molecule has 146 valence electrons. The summed E-state index contributed by atoms with van der Waals surface area (Å²) in [5.41, 5.74) is 1.99. The van der Waals surface area contributed by atoms with E-state index in [0.717, 1.165) is 10.0 Å². The second kappa shape index (κ2) is 9.23. The lowest BCUT2D eigenvalue weighted by molar-refractivity contribution is 0.0954. The van der Waals surface area contributed by atoms with Crippen molar-refractivity contribution in [3.63, 3.8) is 0 Å². The third-order valence-corrected chi connectivity index (χ3v) is 5.45. The summed E-state index contributed by atoms with van der Waals surface area (Å²) in [5.74, 6) is 0.907. The minimum absolute atomic E-state index is 0.0906. The Labute approximate surface area is 167 Å². The highest BCUT2D eigenvalue weighted by Crippen LogP contribution is 2.33. The van der Waals surface area contributed by atoms with Crippen molar-refractivity contribution in [3.8, 4) is 11.5 Å². The average molecular weight is 456 g/mol. The van der Waals surface area contributed by atoms with Gasteiger partial charge >= 0.3 is 0 Å². The molecule has 0 unspecified atom stereocenters. The van der Waals surface area contributed by atoms with E-state index in [2.05, 4.69) is 21.2 Å². The van der Waals surface area contributed by atoms with Crippen LogP contribution in [0.25, 0.3) is 0 Å². The molecular formula is C19H22BrNO5S. The van der Waals surface area contributed by atoms with E-state index >= 15 is 0 Å². The highest BCUT2D eigenvalue weighted by atomic mass is 79.9. The fourth-order valence-electron chi connectivity index (χ4n) is 2.61. The number of ether oxygens (including phenoxy) is 2. The number of hydrogen-bond donors (Lipinski definition) is 1. The molecule has 0 aliphatic carbocycles. The number of amides is 1. The van der Waals surface area contributed by atoms with Gasteiger partial charge in [0.05, 0.1) is 20.0 Å². The Morgan fingerprint density at radius 1 is 1.11 bits per heavy atom. The molecule has 6 nitrogen and oxygen atoms in total. The van der Waals surface area contributed by atoms with Crippen LogP contribution in [0.3, 0.4) is 0 Å². The Balaban J connectivity index is 2.01. The van der Waals surface area contributed by atoms with Crippen molar-refractivity contribution in [2.75, 3.05) is 27.0 Å². The molecule has 1 N–H and O–H groups in total. The molecule has 0 spiro atoms. The second-order valence-electron chi connectivity index (χ2n) is 6.07. The van der Waals surface area contributed by atoms with Crippen molar-refractivity contribution in [1.82, 2.24) is 5.32 Å². The van der Waals surface area contributed by atoms with Crippen molar-refractivity contribution in [1.29, 1.82) is 0 Å². The molecule has 2 aromatic rings. The Bertz CT molecular complexity index is 928. The number of carbonyl (C=O) groups excluding carboxylic acids is 1. The zero-order chi connectivity index (χ0) is 20.0. The lowest BCUT2D eigenvalue weighted by Crippen LogP contribution is -2.26. The SMILES string of the molecule is COc1cc(Br)c(CCNC(=O)c2cccc(CS(C)(=O)=O)c2)cc1OC. The van der Waals surface area contributed by atoms with Crippen LogP contribution in [0.5, 0.6) is 11.5 Å². The third-order valence-electron chi connectivity index (χ3n) is 3.85. The molecule has 0 saturated carbocycles. The van der Waals surface area contributed by atoms with Crippen molar-refractivity contribution < 1.29 is 22.7 Å². The van der Waals surface area contributed by atoms with Crippen LogP contribution in [0, 0.1) is 0 Å². The van der Waals surface area contributed by atoms with Gasteiger partial charge in [0.1, 0.15) is 0 Å². The molecule has 0 bridgehead atoms. The summed E-state index contributed by atoms with van der Waals surface area (Å²) in [6.07, 6.45) is 1.76. The predicted molar refractivity (Wildman–Crippen MR) is 108 cm³/mol. The van der Waals surface area contributed by atoms with Crippen LogP contribution in [-0.4, -0.2) is 41.3 Å². The summed E-state index contributed by atoms with van der Waals surface area (Å²) < 4.78 is 34.2. The molecular weight excluding hydrogens is 434 g/mol. The summed E-state index contributed by atoms with van der Waals surface area (Å²) in [6, 6.07) is 10.3. The Morgan fingerprint density at radius 3 is 2.41 bits per heavy atom. The van der Waals surface area contributed by atoms with Gasteiger partial charge in [0.25, 0.3) is 5.91 Å². The minimum atomic E-state index is -3.15. The summed E-state index contributed by atoms with van der Waals surface area (Å²) in [6.45, 7) is 0.420. The standard InChI is InChI=1S/C19H22BrNO5S/c1-25-17-10-14(16(20)11-18(17)26-2)7-8-21-19(22)15-6-4-5-13(9-15)12-27(3,23)24/h4-6,9-11H,7-8,12H2,1-3H3,(H,21,22). The van der Waals surface area contributed by atoms with Crippen molar-refractivity contribution in [2.45, 2.75) is 12.2 Å². The zero-order valence-electron chi connectivity index (χ0n) is 15.4. The van der Waals surface area contributed by atoms with E-state index in [0.29, 0.717) is 35.6 Å². The molecule has 0 heterocycles. The van der Waals surface area contributed by atoms with Gasteiger partial charge in [0.2, 0.25) is 0 Å². The summed E-state index contributed by atoms with van der Waals surface area (Å²) in [5, 5.41) is 2.85.